The molecule has 0 unspecified atom stereocenters. The van der Waals surface area contributed by atoms with Gasteiger partial charge in [0, 0.05) is 12.6 Å². The molecule has 0 saturated carbocycles. The van der Waals surface area contributed by atoms with Crippen LogP contribution < -0.4 is 0 Å². The van der Waals surface area contributed by atoms with Crippen molar-refractivity contribution in [2.45, 2.75) is 6.54 Å². The second-order valence-corrected chi connectivity index (χ2v) is 4.76. The lowest BCUT2D eigenvalue weighted by atomic mass is 10.2. The van der Waals surface area contributed by atoms with Gasteiger partial charge >= 0.3 is 0 Å². The van der Waals surface area contributed by atoms with Gasteiger partial charge in [0.05, 0.1) is 17.3 Å². The third-order valence-electron chi connectivity index (χ3n) is 2.51. The maximum absolute atomic E-state index is 12.1. The molecule has 0 atom stereocenters. The number of halogens is 1. The lowest BCUT2D eigenvalue weighted by Crippen LogP contribution is -2.25. The lowest BCUT2D eigenvalue weighted by Gasteiger charge is -2.16. The molecule has 0 fully saturated rings. The molecule has 1 aromatic carbocycles. The minimum absolute atomic E-state index is 0.0484. The first kappa shape index (κ1) is 12.7. The van der Waals surface area contributed by atoms with Gasteiger partial charge in [-0.15, -0.1) is 0 Å². The van der Waals surface area contributed by atoms with Gasteiger partial charge in [0.15, 0.2) is 0 Å². The predicted molar refractivity (Wildman–Crippen MR) is 70.3 cm³/mol. The third-order valence-corrected chi connectivity index (χ3v) is 3.18. The standard InChI is InChI=1S/C13H12BrNO3/c1-15(8-10-3-2-6-18-10)13(17)9-4-5-11(14)12(16)7-9/h2-7,16H,8H2,1H3. The van der Waals surface area contributed by atoms with E-state index in [1.165, 1.54) is 11.0 Å². The Morgan fingerprint density at radius 1 is 1.44 bits per heavy atom. The van der Waals surface area contributed by atoms with Gasteiger partial charge in [-0.05, 0) is 46.3 Å². The minimum Gasteiger partial charge on any atom is -0.507 e. The van der Waals surface area contributed by atoms with Crippen LogP contribution in [0.25, 0.3) is 0 Å². The van der Waals surface area contributed by atoms with Gasteiger partial charge in [-0.1, -0.05) is 0 Å². The van der Waals surface area contributed by atoms with E-state index < -0.39 is 0 Å². The number of hydrogen-bond donors (Lipinski definition) is 1. The number of carbonyl (C=O) groups excluding carboxylic acids is 1. The van der Waals surface area contributed by atoms with Crippen LogP contribution in [0.4, 0.5) is 0 Å². The zero-order valence-electron chi connectivity index (χ0n) is 9.76. The van der Waals surface area contributed by atoms with E-state index in [4.69, 9.17) is 4.42 Å². The number of rotatable bonds is 3. The van der Waals surface area contributed by atoms with Crippen LogP contribution in [-0.4, -0.2) is 23.0 Å². The number of phenols is 1. The Hall–Kier alpha value is -1.75. The average molecular weight is 310 g/mol. The fourth-order valence-electron chi connectivity index (χ4n) is 1.57. The number of phenolic OH excluding ortho intramolecular Hbond substituents is 1. The first-order chi connectivity index (χ1) is 8.58. The molecule has 2 aromatic rings. The van der Waals surface area contributed by atoms with E-state index >= 15 is 0 Å². The van der Waals surface area contributed by atoms with Crippen LogP contribution in [0.1, 0.15) is 16.1 Å². The molecule has 0 radical (unpaired) electrons. The second kappa shape index (κ2) is 5.27. The molecular formula is C13H12BrNO3. The van der Waals surface area contributed by atoms with Gasteiger partial charge in [-0.2, -0.15) is 0 Å². The maximum Gasteiger partial charge on any atom is 0.254 e. The maximum atomic E-state index is 12.1. The average Bonchev–Trinajstić information content (AvgIpc) is 2.84. The number of amides is 1. The molecule has 1 amide bonds. The SMILES string of the molecule is CN(Cc1ccco1)C(=O)c1ccc(Br)c(O)c1. The molecule has 1 heterocycles. The number of carbonyl (C=O) groups is 1. The van der Waals surface area contributed by atoms with Crippen molar-refractivity contribution in [3.8, 4) is 5.75 Å². The van der Waals surface area contributed by atoms with Crippen LogP contribution in [0.15, 0.2) is 45.5 Å². The number of hydrogen-bond acceptors (Lipinski definition) is 3. The summed E-state index contributed by atoms with van der Waals surface area (Å²) >= 11 is 3.17. The molecule has 94 valence electrons. The highest BCUT2D eigenvalue weighted by Crippen LogP contribution is 2.25. The Balaban J connectivity index is 2.12. The molecule has 4 nitrogen and oxygen atoms in total. The van der Waals surface area contributed by atoms with E-state index in [1.54, 1.807) is 31.5 Å². The van der Waals surface area contributed by atoms with Crippen molar-refractivity contribution < 1.29 is 14.3 Å². The largest absolute Gasteiger partial charge is 0.507 e. The van der Waals surface area contributed by atoms with E-state index in [0.29, 0.717) is 22.3 Å². The van der Waals surface area contributed by atoms with Gasteiger partial charge in [-0.3, -0.25) is 4.79 Å². The molecule has 0 aliphatic rings. The van der Waals surface area contributed by atoms with Crippen LogP contribution in [0.3, 0.4) is 0 Å². The Labute approximate surface area is 113 Å². The highest BCUT2D eigenvalue weighted by Gasteiger charge is 2.14. The number of nitrogens with zero attached hydrogens (tertiary/aromatic N) is 1. The second-order valence-electron chi connectivity index (χ2n) is 3.91. The molecule has 18 heavy (non-hydrogen) atoms. The number of aromatic hydroxyl groups is 1. The van der Waals surface area contributed by atoms with Gasteiger partial charge in [0.1, 0.15) is 11.5 Å². The van der Waals surface area contributed by atoms with E-state index in [-0.39, 0.29) is 11.7 Å². The summed E-state index contributed by atoms with van der Waals surface area (Å²) in [6.07, 6.45) is 1.57. The van der Waals surface area contributed by atoms with Crippen molar-refractivity contribution >= 4 is 21.8 Å². The summed E-state index contributed by atoms with van der Waals surface area (Å²) < 4.78 is 5.74. The van der Waals surface area contributed by atoms with Crippen molar-refractivity contribution in [3.63, 3.8) is 0 Å². The first-order valence-electron chi connectivity index (χ1n) is 5.34. The van der Waals surface area contributed by atoms with Gasteiger partial charge in [0.2, 0.25) is 0 Å². The molecule has 1 aromatic heterocycles. The summed E-state index contributed by atoms with van der Waals surface area (Å²) in [5.41, 5.74) is 0.435. The van der Waals surface area contributed by atoms with Crippen LogP contribution in [0, 0.1) is 0 Å². The number of furan rings is 1. The minimum atomic E-state index is -0.172. The van der Waals surface area contributed by atoms with Crippen molar-refractivity contribution in [3.05, 3.63) is 52.4 Å². The summed E-state index contributed by atoms with van der Waals surface area (Å²) in [6.45, 7) is 0.392. The number of benzene rings is 1. The van der Waals surface area contributed by atoms with Crippen LogP contribution in [-0.2, 0) is 6.54 Å². The summed E-state index contributed by atoms with van der Waals surface area (Å²) in [4.78, 5) is 13.6. The molecule has 0 aliphatic carbocycles. The Kier molecular flexibility index (Phi) is 3.72. The summed E-state index contributed by atoms with van der Waals surface area (Å²) in [5.74, 6) is 0.591. The fourth-order valence-corrected chi connectivity index (χ4v) is 1.82. The zero-order valence-corrected chi connectivity index (χ0v) is 11.3. The Morgan fingerprint density at radius 2 is 2.22 bits per heavy atom. The molecule has 2 rings (SSSR count). The molecule has 0 spiro atoms. The molecule has 0 saturated heterocycles. The van der Waals surface area contributed by atoms with Crippen molar-refractivity contribution in [2.24, 2.45) is 0 Å². The third kappa shape index (κ3) is 2.73. The van der Waals surface area contributed by atoms with E-state index in [2.05, 4.69) is 15.9 Å². The predicted octanol–water partition coefficient (Wildman–Crippen LogP) is 3.02. The van der Waals surface area contributed by atoms with Crippen LogP contribution in [0.5, 0.6) is 5.75 Å². The fraction of sp³-hybridized carbons (Fsp3) is 0.154. The highest BCUT2D eigenvalue weighted by atomic mass is 79.9. The van der Waals surface area contributed by atoms with Crippen molar-refractivity contribution in [1.82, 2.24) is 4.90 Å². The molecule has 1 N–H and O–H groups in total. The monoisotopic (exact) mass is 309 g/mol. The topological polar surface area (TPSA) is 53.7 Å². The zero-order chi connectivity index (χ0) is 13.1. The van der Waals surface area contributed by atoms with Gasteiger partial charge < -0.3 is 14.4 Å². The summed E-state index contributed by atoms with van der Waals surface area (Å²) in [6, 6.07) is 8.32. The van der Waals surface area contributed by atoms with E-state index in [9.17, 15) is 9.90 Å². The van der Waals surface area contributed by atoms with Crippen molar-refractivity contribution in [1.29, 1.82) is 0 Å². The normalized spacial score (nSPS) is 10.3. The van der Waals surface area contributed by atoms with Crippen molar-refractivity contribution in [2.75, 3.05) is 7.05 Å². The summed E-state index contributed by atoms with van der Waals surface area (Å²) in [5, 5.41) is 9.55. The van der Waals surface area contributed by atoms with E-state index in [0.717, 1.165) is 0 Å². The first-order valence-corrected chi connectivity index (χ1v) is 6.13. The lowest BCUT2D eigenvalue weighted by molar-refractivity contribution is 0.0775. The van der Waals surface area contributed by atoms with Gasteiger partial charge in [0.25, 0.3) is 5.91 Å². The highest BCUT2D eigenvalue weighted by molar-refractivity contribution is 9.10. The van der Waals surface area contributed by atoms with Crippen LogP contribution in [0.2, 0.25) is 0 Å². The molecule has 0 bridgehead atoms. The molecule has 5 heteroatoms. The summed E-state index contributed by atoms with van der Waals surface area (Å²) in [7, 11) is 1.68. The molecular weight excluding hydrogens is 298 g/mol. The smallest absolute Gasteiger partial charge is 0.254 e. The Bertz CT molecular complexity index is 551. The molecule has 0 aliphatic heterocycles. The van der Waals surface area contributed by atoms with Gasteiger partial charge in [-0.25, -0.2) is 0 Å². The van der Waals surface area contributed by atoms with Crippen LogP contribution >= 0.6 is 15.9 Å². The Morgan fingerprint density at radius 3 is 2.83 bits per heavy atom. The quantitative estimate of drug-likeness (QED) is 0.948. The van der Waals surface area contributed by atoms with E-state index in [1.807, 2.05) is 6.07 Å².